The molecule has 0 radical (unpaired) electrons. The largest absolute Gasteiger partial charge is 0.312 e. The minimum Gasteiger partial charge on any atom is -0.312 e. The Balaban J connectivity index is 2.28. The molecular formula is C13H15BrN4O. The summed E-state index contributed by atoms with van der Waals surface area (Å²) in [5.74, 6) is 0.220. The first kappa shape index (κ1) is 13.9. The van der Waals surface area contributed by atoms with Crippen LogP contribution in [0.25, 0.3) is 10.4 Å². The molecule has 5 nitrogen and oxygen atoms in total. The summed E-state index contributed by atoms with van der Waals surface area (Å²) in [4.78, 5) is 16.7. The number of rotatable bonds is 3. The molecule has 1 aromatic carbocycles. The van der Waals surface area contributed by atoms with Gasteiger partial charge in [0.05, 0.1) is 0 Å². The number of carbonyl (C=O) groups excluding carboxylic acids is 1. The Bertz CT molecular complexity index is 543. The van der Waals surface area contributed by atoms with Crippen molar-refractivity contribution in [3.8, 4) is 0 Å². The average Bonchev–Trinajstić information content (AvgIpc) is 2.67. The lowest BCUT2D eigenvalue weighted by atomic mass is 10.1. The third-order valence-electron chi connectivity index (χ3n) is 3.33. The molecule has 0 aromatic heterocycles. The van der Waals surface area contributed by atoms with Crippen molar-refractivity contribution in [2.75, 3.05) is 18.0 Å². The van der Waals surface area contributed by atoms with Crippen molar-refractivity contribution in [2.24, 2.45) is 11.0 Å². The Morgan fingerprint density at radius 3 is 2.68 bits per heavy atom. The molecule has 19 heavy (non-hydrogen) atoms. The van der Waals surface area contributed by atoms with Gasteiger partial charge < -0.3 is 4.90 Å². The maximum atomic E-state index is 12.1. The summed E-state index contributed by atoms with van der Waals surface area (Å²) in [5.41, 5.74) is 11.5. The highest BCUT2D eigenvalue weighted by Gasteiger charge is 2.31. The molecule has 0 aliphatic carbocycles. The van der Waals surface area contributed by atoms with E-state index in [0.717, 1.165) is 21.3 Å². The Labute approximate surface area is 120 Å². The number of hydrogen-bond donors (Lipinski definition) is 0. The van der Waals surface area contributed by atoms with Crippen LogP contribution in [-0.4, -0.2) is 19.0 Å². The van der Waals surface area contributed by atoms with Crippen LogP contribution in [0.4, 0.5) is 5.69 Å². The van der Waals surface area contributed by atoms with Crippen molar-refractivity contribution in [2.45, 2.75) is 20.3 Å². The number of benzene rings is 1. The molecule has 1 aliphatic rings. The van der Waals surface area contributed by atoms with Crippen molar-refractivity contribution < 1.29 is 4.79 Å². The van der Waals surface area contributed by atoms with Gasteiger partial charge in [-0.2, -0.15) is 0 Å². The second-order valence-corrected chi connectivity index (χ2v) is 5.79. The van der Waals surface area contributed by atoms with Crippen LogP contribution in [0.5, 0.6) is 0 Å². The molecule has 100 valence electrons. The predicted molar refractivity (Wildman–Crippen MR) is 78.1 cm³/mol. The third-order valence-corrected chi connectivity index (χ3v) is 3.79. The Morgan fingerprint density at radius 1 is 1.47 bits per heavy atom. The summed E-state index contributed by atoms with van der Waals surface area (Å²) < 4.78 is 1.02. The Kier molecular flexibility index (Phi) is 4.12. The van der Waals surface area contributed by atoms with Crippen LogP contribution in [0.3, 0.4) is 0 Å². The first-order valence-electron chi connectivity index (χ1n) is 6.11. The van der Waals surface area contributed by atoms with Crippen molar-refractivity contribution in [1.29, 1.82) is 0 Å². The van der Waals surface area contributed by atoms with Crippen LogP contribution >= 0.6 is 15.9 Å². The van der Waals surface area contributed by atoms with Gasteiger partial charge in [0, 0.05) is 34.6 Å². The zero-order valence-electron chi connectivity index (χ0n) is 10.9. The zero-order valence-corrected chi connectivity index (χ0v) is 12.5. The number of nitrogens with zero attached hydrogens (tertiary/aromatic N) is 4. The first-order chi connectivity index (χ1) is 9.02. The van der Waals surface area contributed by atoms with Gasteiger partial charge in [-0.05, 0) is 48.6 Å². The summed E-state index contributed by atoms with van der Waals surface area (Å²) in [5, 5.41) is 3.57. The lowest BCUT2D eigenvalue weighted by molar-refractivity contribution is -0.117. The molecule has 1 heterocycles. The average molecular weight is 323 g/mol. The summed E-state index contributed by atoms with van der Waals surface area (Å²) in [6.07, 6.45) is 0.452. The summed E-state index contributed by atoms with van der Waals surface area (Å²) in [6, 6.07) is 4.02. The van der Waals surface area contributed by atoms with E-state index in [1.54, 1.807) is 0 Å². The normalized spacial score (nSPS) is 18.6. The maximum absolute atomic E-state index is 12.1. The van der Waals surface area contributed by atoms with E-state index in [2.05, 4.69) is 26.0 Å². The molecule has 0 N–H and O–H groups in total. The number of hydrogen-bond acceptors (Lipinski definition) is 2. The molecule has 0 saturated carbocycles. The number of aryl methyl sites for hydroxylation is 2. The minimum atomic E-state index is 0.103. The molecule has 1 unspecified atom stereocenters. The lowest BCUT2D eigenvalue weighted by Crippen LogP contribution is -2.26. The van der Waals surface area contributed by atoms with Gasteiger partial charge in [0.15, 0.2) is 0 Å². The van der Waals surface area contributed by atoms with Crippen molar-refractivity contribution in [3.05, 3.63) is 38.2 Å². The van der Waals surface area contributed by atoms with Gasteiger partial charge in [-0.25, -0.2) is 0 Å². The van der Waals surface area contributed by atoms with E-state index in [9.17, 15) is 4.79 Å². The SMILES string of the molecule is Cc1cc(Br)cc(C)c1N1CC(CN=[N+]=[N-])CC1=O. The minimum absolute atomic E-state index is 0.103. The van der Waals surface area contributed by atoms with Gasteiger partial charge >= 0.3 is 0 Å². The first-order valence-corrected chi connectivity index (χ1v) is 6.90. The number of amides is 1. The number of carbonyl (C=O) groups is 1. The standard InChI is InChI=1S/C13H15BrN4O/c1-8-3-11(14)4-9(2)13(8)18-7-10(5-12(18)19)6-16-17-15/h3-4,10H,5-7H2,1-2H3. The summed E-state index contributed by atoms with van der Waals surface area (Å²) >= 11 is 3.46. The summed E-state index contributed by atoms with van der Waals surface area (Å²) in [7, 11) is 0. The van der Waals surface area contributed by atoms with Crippen LogP contribution in [-0.2, 0) is 4.79 Å². The third kappa shape index (κ3) is 2.91. The van der Waals surface area contributed by atoms with Crippen LogP contribution < -0.4 is 4.90 Å². The number of azide groups is 1. The van der Waals surface area contributed by atoms with Crippen LogP contribution in [0.15, 0.2) is 21.7 Å². The van der Waals surface area contributed by atoms with Gasteiger partial charge in [-0.3, -0.25) is 4.79 Å². The van der Waals surface area contributed by atoms with Gasteiger partial charge in [-0.1, -0.05) is 21.0 Å². The van der Waals surface area contributed by atoms with E-state index >= 15 is 0 Å². The number of anilines is 1. The highest BCUT2D eigenvalue weighted by atomic mass is 79.9. The molecule has 1 atom stereocenters. The fraction of sp³-hybridized carbons (Fsp3) is 0.462. The summed E-state index contributed by atoms with van der Waals surface area (Å²) in [6.45, 7) is 5.01. The van der Waals surface area contributed by atoms with Crippen molar-refractivity contribution >= 4 is 27.5 Å². The highest BCUT2D eigenvalue weighted by molar-refractivity contribution is 9.10. The lowest BCUT2D eigenvalue weighted by Gasteiger charge is -2.21. The van der Waals surface area contributed by atoms with Crippen LogP contribution in [0.1, 0.15) is 17.5 Å². The molecule has 1 aliphatic heterocycles. The molecular weight excluding hydrogens is 308 g/mol. The monoisotopic (exact) mass is 322 g/mol. The fourth-order valence-electron chi connectivity index (χ4n) is 2.60. The fourth-order valence-corrected chi connectivity index (χ4v) is 3.29. The molecule has 2 rings (SSSR count). The van der Waals surface area contributed by atoms with Gasteiger partial charge in [0.1, 0.15) is 0 Å². The van der Waals surface area contributed by atoms with Gasteiger partial charge in [0.25, 0.3) is 0 Å². The van der Waals surface area contributed by atoms with E-state index in [1.165, 1.54) is 0 Å². The molecule has 1 amide bonds. The quantitative estimate of drug-likeness (QED) is 0.475. The van der Waals surface area contributed by atoms with Crippen molar-refractivity contribution in [1.82, 2.24) is 0 Å². The smallest absolute Gasteiger partial charge is 0.227 e. The molecule has 0 bridgehead atoms. The predicted octanol–water partition coefficient (Wildman–Crippen LogP) is 3.73. The molecule has 6 heteroatoms. The van der Waals surface area contributed by atoms with Gasteiger partial charge in [0.2, 0.25) is 5.91 Å². The molecule has 0 spiro atoms. The highest BCUT2D eigenvalue weighted by Crippen LogP contribution is 2.33. The topological polar surface area (TPSA) is 69.1 Å². The molecule has 1 aromatic rings. The Hall–Kier alpha value is -1.52. The van der Waals surface area contributed by atoms with E-state index in [-0.39, 0.29) is 11.8 Å². The van der Waals surface area contributed by atoms with Crippen LogP contribution in [0.2, 0.25) is 0 Å². The van der Waals surface area contributed by atoms with E-state index < -0.39 is 0 Å². The van der Waals surface area contributed by atoms with Crippen LogP contribution in [0, 0.1) is 19.8 Å². The Morgan fingerprint density at radius 2 is 2.11 bits per heavy atom. The second kappa shape index (κ2) is 5.63. The van der Waals surface area contributed by atoms with Crippen molar-refractivity contribution in [3.63, 3.8) is 0 Å². The molecule has 1 fully saturated rings. The van der Waals surface area contributed by atoms with E-state index in [4.69, 9.17) is 5.53 Å². The second-order valence-electron chi connectivity index (χ2n) is 4.88. The molecule has 1 saturated heterocycles. The maximum Gasteiger partial charge on any atom is 0.227 e. The number of halogens is 1. The van der Waals surface area contributed by atoms with E-state index in [1.807, 2.05) is 30.9 Å². The zero-order chi connectivity index (χ0) is 14.0. The van der Waals surface area contributed by atoms with E-state index in [0.29, 0.717) is 19.5 Å². The van der Waals surface area contributed by atoms with Gasteiger partial charge in [-0.15, -0.1) is 0 Å².